The van der Waals surface area contributed by atoms with Gasteiger partial charge in [-0.25, -0.2) is 0 Å². The Morgan fingerprint density at radius 3 is 1.40 bits per heavy atom. The quantitative estimate of drug-likeness (QED) is 0.272. The zero-order valence-corrected chi connectivity index (χ0v) is 16.3. The molecule has 0 heterocycles. The Morgan fingerprint density at radius 1 is 0.560 bits per heavy atom. The Hall–Kier alpha value is -0.320. The molecule has 0 unspecified atom stereocenters. The Kier molecular flexibility index (Phi) is 19.7. The molecule has 0 atom stereocenters. The number of hydrogen-bond donors (Lipinski definition) is 2. The third kappa shape index (κ3) is 19.8. The molecule has 0 aliphatic carbocycles. The maximum atomic E-state index is 5.62. The first-order valence-corrected chi connectivity index (χ1v) is 9.29. The molecule has 8 heteroatoms. The highest BCUT2D eigenvalue weighted by atomic mass is 16.5. The minimum atomic E-state index is 0.552. The standard InChI is InChI=1S/C17H40N4O4/c1-20(2)6-3-7-21(8-12-24-16-14-22-10-4-18)9-13-25-17-15-23-11-5-19/h3-19H2,1-2H3. The summed E-state index contributed by atoms with van der Waals surface area (Å²) in [5.74, 6) is 0. The van der Waals surface area contributed by atoms with E-state index in [1.807, 2.05) is 0 Å². The Morgan fingerprint density at radius 2 is 1.00 bits per heavy atom. The van der Waals surface area contributed by atoms with Gasteiger partial charge in [0, 0.05) is 26.2 Å². The molecule has 25 heavy (non-hydrogen) atoms. The molecule has 0 saturated heterocycles. The van der Waals surface area contributed by atoms with Gasteiger partial charge >= 0.3 is 0 Å². The van der Waals surface area contributed by atoms with Gasteiger partial charge in [-0.1, -0.05) is 0 Å². The van der Waals surface area contributed by atoms with Gasteiger partial charge in [0.05, 0.1) is 52.9 Å². The van der Waals surface area contributed by atoms with E-state index in [4.69, 9.17) is 30.4 Å². The molecule has 0 aliphatic rings. The second-order valence-electron chi connectivity index (χ2n) is 6.03. The predicted octanol–water partition coefficient (Wildman–Crippen LogP) is -0.776. The average molecular weight is 365 g/mol. The second-order valence-corrected chi connectivity index (χ2v) is 6.03. The van der Waals surface area contributed by atoms with E-state index in [0.29, 0.717) is 65.9 Å². The molecular weight excluding hydrogens is 324 g/mol. The maximum Gasteiger partial charge on any atom is 0.0701 e. The summed E-state index contributed by atoms with van der Waals surface area (Å²) < 4.78 is 21.8. The summed E-state index contributed by atoms with van der Waals surface area (Å²) in [6, 6.07) is 0. The first kappa shape index (κ1) is 24.7. The zero-order chi connectivity index (χ0) is 18.6. The number of ether oxygens (including phenoxy) is 4. The Bertz CT molecular complexity index is 243. The minimum Gasteiger partial charge on any atom is -0.378 e. The molecule has 0 spiro atoms. The van der Waals surface area contributed by atoms with Gasteiger partial charge in [0.15, 0.2) is 0 Å². The van der Waals surface area contributed by atoms with Gasteiger partial charge in [-0.15, -0.1) is 0 Å². The molecule has 0 bridgehead atoms. The minimum absolute atomic E-state index is 0.552. The van der Waals surface area contributed by atoms with E-state index < -0.39 is 0 Å². The fourth-order valence-corrected chi connectivity index (χ4v) is 2.14. The van der Waals surface area contributed by atoms with E-state index in [0.717, 1.165) is 32.6 Å². The Labute approximate surface area is 153 Å². The van der Waals surface area contributed by atoms with Crippen molar-refractivity contribution in [3.63, 3.8) is 0 Å². The van der Waals surface area contributed by atoms with Crippen molar-refractivity contribution in [2.45, 2.75) is 6.42 Å². The van der Waals surface area contributed by atoms with Crippen molar-refractivity contribution in [1.82, 2.24) is 9.80 Å². The van der Waals surface area contributed by atoms with E-state index >= 15 is 0 Å². The molecule has 0 aromatic carbocycles. The number of rotatable bonds is 20. The highest BCUT2D eigenvalue weighted by Gasteiger charge is 2.05. The van der Waals surface area contributed by atoms with E-state index in [1.165, 1.54) is 0 Å². The summed E-state index contributed by atoms with van der Waals surface area (Å²) in [7, 11) is 4.19. The molecule has 0 saturated carbocycles. The van der Waals surface area contributed by atoms with E-state index in [-0.39, 0.29) is 0 Å². The van der Waals surface area contributed by atoms with Crippen LogP contribution in [0.1, 0.15) is 6.42 Å². The third-order valence-electron chi connectivity index (χ3n) is 3.45. The van der Waals surface area contributed by atoms with E-state index in [1.54, 1.807) is 0 Å². The highest BCUT2D eigenvalue weighted by Crippen LogP contribution is 1.95. The lowest BCUT2D eigenvalue weighted by atomic mass is 10.3. The molecular formula is C17H40N4O4. The van der Waals surface area contributed by atoms with Gasteiger partial charge in [0.25, 0.3) is 0 Å². The van der Waals surface area contributed by atoms with Crippen molar-refractivity contribution in [3.8, 4) is 0 Å². The van der Waals surface area contributed by atoms with Crippen molar-refractivity contribution in [2.24, 2.45) is 11.5 Å². The summed E-state index contributed by atoms with van der Waals surface area (Å²) in [6.45, 7) is 10.0. The predicted molar refractivity (Wildman–Crippen MR) is 101 cm³/mol. The van der Waals surface area contributed by atoms with Crippen molar-refractivity contribution >= 4 is 0 Å². The lowest BCUT2D eigenvalue weighted by molar-refractivity contribution is 0.0253. The van der Waals surface area contributed by atoms with Crippen LogP contribution in [0.4, 0.5) is 0 Å². The lowest BCUT2D eigenvalue weighted by Gasteiger charge is -2.23. The van der Waals surface area contributed by atoms with Crippen LogP contribution in [0, 0.1) is 0 Å². The van der Waals surface area contributed by atoms with Crippen molar-refractivity contribution in [3.05, 3.63) is 0 Å². The topological polar surface area (TPSA) is 95.4 Å². The Balaban J connectivity index is 3.74. The van der Waals surface area contributed by atoms with Crippen LogP contribution >= 0.6 is 0 Å². The highest BCUT2D eigenvalue weighted by molar-refractivity contribution is 4.59. The van der Waals surface area contributed by atoms with Crippen LogP contribution < -0.4 is 11.5 Å². The van der Waals surface area contributed by atoms with Crippen LogP contribution in [0.3, 0.4) is 0 Å². The lowest BCUT2D eigenvalue weighted by Crippen LogP contribution is -2.34. The zero-order valence-electron chi connectivity index (χ0n) is 16.3. The van der Waals surface area contributed by atoms with Gasteiger partial charge in [0.2, 0.25) is 0 Å². The number of nitrogens with zero attached hydrogens (tertiary/aromatic N) is 2. The molecule has 0 aromatic rings. The van der Waals surface area contributed by atoms with Crippen LogP contribution in [0.2, 0.25) is 0 Å². The number of nitrogens with two attached hydrogens (primary N) is 2. The smallest absolute Gasteiger partial charge is 0.0701 e. The average Bonchev–Trinajstić information content (AvgIpc) is 2.59. The van der Waals surface area contributed by atoms with E-state index in [2.05, 4.69) is 23.9 Å². The van der Waals surface area contributed by atoms with Crippen molar-refractivity contribution < 1.29 is 18.9 Å². The fourth-order valence-electron chi connectivity index (χ4n) is 2.14. The first-order valence-electron chi connectivity index (χ1n) is 9.29. The van der Waals surface area contributed by atoms with Gasteiger partial charge in [-0.3, -0.25) is 4.90 Å². The van der Waals surface area contributed by atoms with Crippen molar-refractivity contribution in [2.75, 3.05) is 106 Å². The van der Waals surface area contributed by atoms with Crippen LogP contribution in [-0.2, 0) is 18.9 Å². The van der Waals surface area contributed by atoms with Crippen LogP contribution in [0.5, 0.6) is 0 Å². The van der Waals surface area contributed by atoms with Crippen LogP contribution in [-0.4, -0.2) is 116 Å². The van der Waals surface area contributed by atoms with Gasteiger partial charge < -0.3 is 35.3 Å². The molecule has 8 nitrogen and oxygen atoms in total. The summed E-state index contributed by atoms with van der Waals surface area (Å²) >= 11 is 0. The largest absolute Gasteiger partial charge is 0.378 e. The first-order chi connectivity index (χ1) is 12.2. The van der Waals surface area contributed by atoms with Crippen LogP contribution in [0.15, 0.2) is 0 Å². The monoisotopic (exact) mass is 364 g/mol. The molecule has 152 valence electrons. The van der Waals surface area contributed by atoms with Gasteiger partial charge in [-0.2, -0.15) is 0 Å². The molecule has 0 aliphatic heterocycles. The molecule has 0 aromatic heterocycles. The number of hydrogen-bond acceptors (Lipinski definition) is 8. The summed E-state index contributed by atoms with van der Waals surface area (Å²) in [5, 5.41) is 0. The molecule has 0 radical (unpaired) electrons. The second kappa shape index (κ2) is 20.0. The summed E-state index contributed by atoms with van der Waals surface area (Å²) in [4.78, 5) is 4.58. The molecule has 4 N–H and O–H groups in total. The van der Waals surface area contributed by atoms with Gasteiger partial charge in [0.1, 0.15) is 0 Å². The SMILES string of the molecule is CN(C)CCCN(CCOCCOCCN)CCOCCOCCN. The fraction of sp³-hybridized carbons (Fsp3) is 1.00. The van der Waals surface area contributed by atoms with E-state index in [9.17, 15) is 0 Å². The molecule has 0 fully saturated rings. The molecule has 0 rings (SSSR count). The normalized spacial score (nSPS) is 11.8. The maximum absolute atomic E-state index is 5.62. The van der Waals surface area contributed by atoms with Crippen LogP contribution in [0.25, 0.3) is 0 Å². The molecule has 0 amide bonds. The summed E-state index contributed by atoms with van der Waals surface area (Å²) in [6.07, 6.45) is 1.13. The third-order valence-corrected chi connectivity index (χ3v) is 3.45. The van der Waals surface area contributed by atoms with Crippen molar-refractivity contribution in [1.29, 1.82) is 0 Å². The summed E-state index contributed by atoms with van der Waals surface area (Å²) in [5.41, 5.74) is 10.7. The van der Waals surface area contributed by atoms with Gasteiger partial charge in [-0.05, 0) is 33.6 Å².